The Morgan fingerprint density at radius 3 is 2.29 bits per heavy atom. The Morgan fingerprint density at radius 2 is 1.71 bits per heavy atom. The lowest BCUT2D eigenvalue weighted by Crippen LogP contribution is -2.33. The van der Waals surface area contributed by atoms with E-state index in [2.05, 4.69) is 5.32 Å². The van der Waals surface area contributed by atoms with Crippen molar-refractivity contribution in [1.29, 1.82) is 0 Å². The number of carbonyl (C=O) groups excluding carboxylic acids is 1. The summed E-state index contributed by atoms with van der Waals surface area (Å²) in [5.74, 6) is -1.12. The largest absolute Gasteiger partial charge is 0.497 e. The second-order valence-electron chi connectivity index (χ2n) is 5.55. The van der Waals surface area contributed by atoms with Gasteiger partial charge in [-0.15, -0.1) is 0 Å². The first-order valence-electron chi connectivity index (χ1n) is 7.75. The van der Waals surface area contributed by atoms with E-state index in [4.69, 9.17) is 9.84 Å². The number of ether oxygens (including phenoxy) is 1. The summed E-state index contributed by atoms with van der Waals surface area (Å²) >= 11 is 0. The standard InChI is InChI=1S/C19H21NO4/c1-24-17-9-7-14(8-10-17)11-16(12-18(21)22)19(23)20-13-15-5-3-2-4-6-15/h2-10,16H,11-13H2,1H3,(H,20,23)(H,21,22)/t16-/m0/s1. The second kappa shape index (κ2) is 8.72. The Bertz CT molecular complexity index is 668. The van der Waals surface area contributed by atoms with Crippen LogP contribution in [0.1, 0.15) is 17.5 Å². The minimum absolute atomic E-state index is 0.202. The quantitative estimate of drug-likeness (QED) is 0.781. The summed E-state index contributed by atoms with van der Waals surface area (Å²) in [6, 6.07) is 16.8. The van der Waals surface area contributed by atoms with Crippen LogP contribution in [0.25, 0.3) is 0 Å². The topological polar surface area (TPSA) is 75.6 Å². The molecule has 0 aromatic heterocycles. The first kappa shape index (κ1) is 17.5. The number of benzene rings is 2. The third kappa shape index (κ3) is 5.43. The van der Waals surface area contributed by atoms with Crippen molar-refractivity contribution in [2.75, 3.05) is 7.11 Å². The number of carboxylic acid groups (broad SMARTS) is 1. The average Bonchev–Trinajstić information content (AvgIpc) is 2.60. The van der Waals surface area contributed by atoms with Crippen LogP contribution in [0.5, 0.6) is 5.75 Å². The molecule has 5 heteroatoms. The summed E-state index contributed by atoms with van der Waals surface area (Å²) in [5, 5.41) is 11.9. The summed E-state index contributed by atoms with van der Waals surface area (Å²) in [6.45, 7) is 0.387. The number of hydrogen-bond acceptors (Lipinski definition) is 3. The highest BCUT2D eigenvalue weighted by atomic mass is 16.5. The van der Waals surface area contributed by atoms with E-state index in [0.29, 0.717) is 13.0 Å². The molecule has 0 aliphatic rings. The number of rotatable bonds is 8. The minimum Gasteiger partial charge on any atom is -0.497 e. The highest BCUT2D eigenvalue weighted by Gasteiger charge is 2.22. The zero-order valence-electron chi connectivity index (χ0n) is 13.6. The van der Waals surface area contributed by atoms with Crippen molar-refractivity contribution in [2.45, 2.75) is 19.4 Å². The summed E-state index contributed by atoms with van der Waals surface area (Å²) < 4.78 is 5.10. The molecule has 2 aromatic carbocycles. The zero-order chi connectivity index (χ0) is 17.4. The maximum atomic E-state index is 12.4. The molecule has 1 amide bonds. The summed E-state index contributed by atoms with van der Waals surface area (Å²) in [4.78, 5) is 23.5. The molecule has 0 saturated carbocycles. The van der Waals surface area contributed by atoms with Crippen molar-refractivity contribution in [3.8, 4) is 5.75 Å². The van der Waals surface area contributed by atoms with Gasteiger partial charge in [0.2, 0.25) is 5.91 Å². The van der Waals surface area contributed by atoms with Gasteiger partial charge in [-0.2, -0.15) is 0 Å². The Hall–Kier alpha value is -2.82. The van der Waals surface area contributed by atoms with Crippen LogP contribution in [-0.2, 0) is 22.6 Å². The second-order valence-corrected chi connectivity index (χ2v) is 5.55. The summed E-state index contributed by atoms with van der Waals surface area (Å²) in [5.41, 5.74) is 1.88. The van der Waals surface area contributed by atoms with Crippen molar-refractivity contribution in [3.05, 3.63) is 65.7 Å². The van der Waals surface area contributed by atoms with E-state index >= 15 is 0 Å². The first-order valence-corrected chi connectivity index (χ1v) is 7.75. The van der Waals surface area contributed by atoms with E-state index in [-0.39, 0.29) is 12.3 Å². The molecule has 0 fully saturated rings. The Kier molecular flexibility index (Phi) is 6.37. The molecule has 0 aliphatic heterocycles. The number of nitrogens with one attached hydrogen (secondary N) is 1. The fraction of sp³-hybridized carbons (Fsp3) is 0.263. The molecule has 5 nitrogen and oxygen atoms in total. The van der Waals surface area contributed by atoms with Crippen molar-refractivity contribution in [1.82, 2.24) is 5.32 Å². The van der Waals surface area contributed by atoms with Crippen LogP contribution < -0.4 is 10.1 Å². The SMILES string of the molecule is COc1ccc(C[C@@H](CC(=O)O)C(=O)NCc2ccccc2)cc1. The lowest BCUT2D eigenvalue weighted by Gasteiger charge is -2.15. The van der Waals surface area contributed by atoms with Gasteiger partial charge in [-0.1, -0.05) is 42.5 Å². The number of amides is 1. The average molecular weight is 327 g/mol. The van der Waals surface area contributed by atoms with Crippen LogP contribution in [0.2, 0.25) is 0 Å². The molecule has 1 atom stereocenters. The molecule has 0 aliphatic carbocycles. The van der Waals surface area contributed by atoms with E-state index in [9.17, 15) is 9.59 Å². The lowest BCUT2D eigenvalue weighted by atomic mass is 9.95. The maximum absolute atomic E-state index is 12.4. The van der Waals surface area contributed by atoms with E-state index in [1.165, 1.54) is 0 Å². The van der Waals surface area contributed by atoms with Gasteiger partial charge in [0.25, 0.3) is 0 Å². The fourth-order valence-corrected chi connectivity index (χ4v) is 2.44. The number of methoxy groups -OCH3 is 1. The lowest BCUT2D eigenvalue weighted by molar-refractivity contribution is -0.141. The predicted molar refractivity (Wildman–Crippen MR) is 90.7 cm³/mol. The molecule has 0 bridgehead atoms. The highest BCUT2D eigenvalue weighted by molar-refractivity contribution is 5.83. The maximum Gasteiger partial charge on any atom is 0.304 e. The summed E-state index contributed by atoms with van der Waals surface area (Å²) in [6.07, 6.45) is 0.170. The van der Waals surface area contributed by atoms with Gasteiger partial charge in [0.15, 0.2) is 0 Å². The molecule has 2 aromatic rings. The normalized spacial score (nSPS) is 11.5. The van der Waals surface area contributed by atoms with Crippen LogP contribution in [0, 0.1) is 5.92 Å². The van der Waals surface area contributed by atoms with Crippen molar-refractivity contribution < 1.29 is 19.4 Å². The Balaban J connectivity index is 2.00. The Morgan fingerprint density at radius 1 is 1.04 bits per heavy atom. The van der Waals surface area contributed by atoms with E-state index < -0.39 is 11.9 Å². The first-order chi connectivity index (χ1) is 11.6. The van der Waals surface area contributed by atoms with Gasteiger partial charge < -0.3 is 15.2 Å². The van der Waals surface area contributed by atoms with Crippen molar-refractivity contribution in [2.24, 2.45) is 5.92 Å². The molecule has 2 N–H and O–H groups in total. The Labute approximate surface area is 141 Å². The number of hydrogen-bond donors (Lipinski definition) is 2. The van der Waals surface area contributed by atoms with E-state index in [1.807, 2.05) is 42.5 Å². The van der Waals surface area contributed by atoms with Crippen LogP contribution in [0.3, 0.4) is 0 Å². The molecule has 2 rings (SSSR count). The van der Waals surface area contributed by atoms with Crippen molar-refractivity contribution >= 4 is 11.9 Å². The molecule has 0 unspecified atom stereocenters. The summed E-state index contributed by atoms with van der Waals surface area (Å²) in [7, 11) is 1.58. The van der Waals surface area contributed by atoms with Gasteiger partial charge in [-0.3, -0.25) is 9.59 Å². The van der Waals surface area contributed by atoms with Gasteiger partial charge in [0, 0.05) is 6.54 Å². The van der Waals surface area contributed by atoms with Gasteiger partial charge >= 0.3 is 5.97 Å². The molecule has 0 spiro atoms. The molecule has 24 heavy (non-hydrogen) atoms. The third-order valence-corrected chi connectivity index (χ3v) is 3.74. The van der Waals surface area contributed by atoms with Crippen LogP contribution >= 0.6 is 0 Å². The molecule has 0 radical (unpaired) electrons. The fourth-order valence-electron chi connectivity index (χ4n) is 2.44. The third-order valence-electron chi connectivity index (χ3n) is 3.74. The number of carbonyl (C=O) groups is 2. The number of aliphatic carboxylic acids is 1. The van der Waals surface area contributed by atoms with Gasteiger partial charge in [0.1, 0.15) is 5.75 Å². The minimum atomic E-state index is -0.983. The molecule has 0 heterocycles. The van der Waals surface area contributed by atoms with E-state index in [0.717, 1.165) is 16.9 Å². The van der Waals surface area contributed by atoms with Crippen LogP contribution in [0.4, 0.5) is 0 Å². The van der Waals surface area contributed by atoms with Gasteiger partial charge in [-0.25, -0.2) is 0 Å². The molecular weight excluding hydrogens is 306 g/mol. The van der Waals surface area contributed by atoms with Gasteiger partial charge in [-0.05, 0) is 29.7 Å². The molecule has 0 saturated heterocycles. The molecule has 126 valence electrons. The van der Waals surface area contributed by atoms with Crippen molar-refractivity contribution in [3.63, 3.8) is 0 Å². The van der Waals surface area contributed by atoms with E-state index in [1.54, 1.807) is 19.2 Å². The van der Waals surface area contributed by atoms with Crippen LogP contribution in [-0.4, -0.2) is 24.1 Å². The predicted octanol–water partition coefficient (Wildman–Crippen LogP) is 2.65. The highest BCUT2D eigenvalue weighted by Crippen LogP contribution is 2.17. The van der Waals surface area contributed by atoms with Gasteiger partial charge in [0.05, 0.1) is 19.4 Å². The molecular formula is C19H21NO4. The number of carboxylic acids is 1. The zero-order valence-corrected chi connectivity index (χ0v) is 13.6. The smallest absolute Gasteiger partial charge is 0.304 e. The monoisotopic (exact) mass is 327 g/mol. The van der Waals surface area contributed by atoms with Crippen LogP contribution in [0.15, 0.2) is 54.6 Å².